The molecule has 29 heavy (non-hydrogen) atoms. The van der Waals surface area contributed by atoms with E-state index in [0.717, 1.165) is 36.2 Å². The zero-order valence-electron chi connectivity index (χ0n) is 16.4. The molecule has 3 rings (SSSR count). The first-order valence-electron chi connectivity index (χ1n) is 9.31. The van der Waals surface area contributed by atoms with Crippen LogP contribution < -0.4 is 10.5 Å². The van der Waals surface area contributed by atoms with Crippen molar-refractivity contribution in [1.29, 1.82) is 0 Å². The lowest BCUT2D eigenvalue weighted by atomic mass is 10.2. The number of amides is 1. The molecule has 0 aliphatic carbocycles. The molecule has 154 valence electrons. The number of carbonyl (C=O) groups excluding carboxylic acids is 1. The molecule has 0 aliphatic rings. The van der Waals surface area contributed by atoms with Gasteiger partial charge in [0.25, 0.3) is 0 Å². The topological polar surface area (TPSA) is 107 Å². The van der Waals surface area contributed by atoms with Crippen molar-refractivity contribution in [2.45, 2.75) is 43.3 Å². The Morgan fingerprint density at radius 3 is 2.69 bits per heavy atom. The zero-order chi connectivity index (χ0) is 21.0. The minimum absolute atomic E-state index is 0.0268. The summed E-state index contributed by atoms with van der Waals surface area (Å²) in [6.45, 7) is 4.78. The number of anilines is 1. The van der Waals surface area contributed by atoms with Crippen molar-refractivity contribution in [2.75, 3.05) is 11.1 Å². The molecule has 0 saturated heterocycles. The number of sulfonamides is 1. The molecule has 0 bridgehead atoms. The fraction of sp³-hybridized carbons (Fsp3) is 0.300. The van der Waals surface area contributed by atoms with Gasteiger partial charge in [0.05, 0.1) is 21.7 Å². The quantitative estimate of drug-likeness (QED) is 0.530. The number of para-hydroxylation sites is 1. The number of nitrogens with two attached hydrogens (primary N) is 1. The predicted molar refractivity (Wildman–Crippen MR) is 117 cm³/mol. The Morgan fingerprint density at radius 2 is 2.00 bits per heavy atom. The van der Waals surface area contributed by atoms with Crippen LogP contribution in [0.3, 0.4) is 0 Å². The largest absolute Gasteiger partial charge is 0.325 e. The highest BCUT2D eigenvalue weighted by molar-refractivity contribution is 7.99. The first-order valence-corrected chi connectivity index (χ1v) is 11.8. The molecular formula is C20H24N4O3S2. The first kappa shape index (κ1) is 21.4. The number of benzene rings is 2. The molecule has 0 radical (unpaired) electrons. The van der Waals surface area contributed by atoms with Crippen molar-refractivity contribution in [3.63, 3.8) is 0 Å². The third-order valence-corrected chi connectivity index (χ3v) is 6.39. The van der Waals surface area contributed by atoms with Crippen LogP contribution in [0.4, 0.5) is 5.69 Å². The fourth-order valence-electron chi connectivity index (χ4n) is 2.94. The van der Waals surface area contributed by atoms with Crippen LogP contribution in [0.25, 0.3) is 11.0 Å². The van der Waals surface area contributed by atoms with E-state index in [-0.39, 0.29) is 16.6 Å². The number of aryl methyl sites for hydroxylation is 2. The van der Waals surface area contributed by atoms with Gasteiger partial charge in [0.2, 0.25) is 15.9 Å². The van der Waals surface area contributed by atoms with E-state index in [1.165, 1.54) is 23.9 Å². The number of aromatic nitrogens is 2. The first-order chi connectivity index (χ1) is 13.8. The molecule has 0 unspecified atom stereocenters. The number of nitrogens with one attached hydrogen (secondary N) is 1. The second-order valence-corrected chi connectivity index (χ2v) is 9.25. The second kappa shape index (κ2) is 8.98. The molecule has 1 amide bonds. The van der Waals surface area contributed by atoms with E-state index < -0.39 is 10.0 Å². The summed E-state index contributed by atoms with van der Waals surface area (Å²) in [6, 6.07) is 12.3. The lowest BCUT2D eigenvalue weighted by Crippen LogP contribution is -2.15. The summed E-state index contributed by atoms with van der Waals surface area (Å²) in [5, 5.41) is 8.83. The van der Waals surface area contributed by atoms with Gasteiger partial charge in [-0.1, -0.05) is 43.3 Å². The number of hydrogen-bond donors (Lipinski definition) is 2. The van der Waals surface area contributed by atoms with Crippen molar-refractivity contribution >= 4 is 44.4 Å². The lowest BCUT2D eigenvalue weighted by molar-refractivity contribution is -0.113. The number of primary sulfonamides is 1. The van der Waals surface area contributed by atoms with Gasteiger partial charge in [0.15, 0.2) is 5.16 Å². The van der Waals surface area contributed by atoms with Crippen molar-refractivity contribution < 1.29 is 13.2 Å². The Labute approximate surface area is 174 Å². The minimum Gasteiger partial charge on any atom is -0.325 e. The number of thioether (sulfide) groups is 1. The summed E-state index contributed by atoms with van der Waals surface area (Å²) in [4.78, 5) is 17.0. The summed E-state index contributed by atoms with van der Waals surface area (Å²) in [5.41, 5.74) is 3.16. The summed E-state index contributed by atoms with van der Waals surface area (Å²) in [6.07, 6.45) is 1.96. The van der Waals surface area contributed by atoms with Crippen LogP contribution in [0, 0.1) is 6.92 Å². The fourth-order valence-corrected chi connectivity index (χ4v) is 4.31. The van der Waals surface area contributed by atoms with Gasteiger partial charge in [0.1, 0.15) is 0 Å². The number of unbranched alkanes of at least 4 members (excludes halogenated alkanes) is 1. The number of rotatable bonds is 8. The molecule has 3 N–H and O–H groups in total. The zero-order valence-corrected chi connectivity index (χ0v) is 18.0. The Balaban J connectivity index is 1.83. The SMILES string of the molecule is CCCCn1c(SCC(=O)Nc2ccccc2C)nc2cc(S(N)(=O)=O)ccc21. The normalized spacial score (nSPS) is 11.7. The molecule has 0 atom stereocenters. The monoisotopic (exact) mass is 432 g/mol. The molecule has 3 aromatic rings. The molecule has 0 fully saturated rings. The van der Waals surface area contributed by atoms with E-state index in [9.17, 15) is 13.2 Å². The molecule has 0 saturated carbocycles. The highest BCUT2D eigenvalue weighted by atomic mass is 32.2. The van der Waals surface area contributed by atoms with E-state index >= 15 is 0 Å². The standard InChI is InChI=1S/C20H24N4O3S2/c1-3-4-11-24-18-10-9-15(29(21,26)27)12-17(18)23-20(24)28-13-19(25)22-16-8-6-5-7-14(16)2/h5-10,12H,3-4,11,13H2,1-2H3,(H,22,25)(H2,21,26,27). The average molecular weight is 433 g/mol. The van der Waals surface area contributed by atoms with Crippen LogP contribution in [-0.2, 0) is 21.4 Å². The van der Waals surface area contributed by atoms with Gasteiger partial charge in [-0.25, -0.2) is 18.5 Å². The predicted octanol–water partition coefficient (Wildman–Crippen LogP) is 3.52. The molecule has 0 spiro atoms. The Morgan fingerprint density at radius 1 is 1.24 bits per heavy atom. The van der Waals surface area contributed by atoms with Crippen LogP contribution in [0.15, 0.2) is 52.5 Å². The number of hydrogen-bond acceptors (Lipinski definition) is 5. The van der Waals surface area contributed by atoms with Crippen LogP contribution in [0.2, 0.25) is 0 Å². The number of fused-ring (bicyclic) bond motifs is 1. The van der Waals surface area contributed by atoms with Crippen molar-refractivity contribution in [3.8, 4) is 0 Å². The Hall–Kier alpha value is -2.36. The average Bonchev–Trinajstić information content (AvgIpc) is 3.02. The van der Waals surface area contributed by atoms with E-state index in [1.807, 2.05) is 35.8 Å². The van der Waals surface area contributed by atoms with Crippen LogP contribution >= 0.6 is 11.8 Å². The molecule has 1 heterocycles. The summed E-state index contributed by atoms with van der Waals surface area (Å²) in [5.74, 6) is 0.0786. The van der Waals surface area contributed by atoms with Crippen molar-refractivity contribution in [1.82, 2.24) is 9.55 Å². The van der Waals surface area contributed by atoms with Crippen molar-refractivity contribution in [2.24, 2.45) is 5.14 Å². The molecule has 9 heteroatoms. The van der Waals surface area contributed by atoms with Gasteiger partial charge < -0.3 is 9.88 Å². The highest BCUT2D eigenvalue weighted by Crippen LogP contribution is 2.27. The third-order valence-electron chi connectivity index (χ3n) is 4.50. The van der Waals surface area contributed by atoms with Crippen LogP contribution in [0.1, 0.15) is 25.3 Å². The van der Waals surface area contributed by atoms with Crippen molar-refractivity contribution in [3.05, 3.63) is 48.0 Å². The van der Waals surface area contributed by atoms with E-state index in [2.05, 4.69) is 17.2 Å². The smallest absolute Gasteiger partial charge is 0.238 e. The Bertz CT molecular complexity index is 1140. The van der Waals surface area contributed by atoms with E-state index in [1.54, 1.807) is 6.07 Å². The number of imidazole rings is 1. The molecule has 2 aromatic carbocycles. The van der Waals surface area contributed by atoms with Gasteiger partial charge in [-0.15, -0.1) is 0 Å². The maximum Gasteiger partial charge on any atom is 0.238 e. The van der Waals surface area contributed by atoms with E-state index in [4.69, 9.17) is 5.14 Å². The minimum atomic E-state index is -3.80. The van der Waals surface area contributed by atoms with E-state index in [0.29, 0.717) is 10.7 Å². The summed E-state index contributed by atoms with van der Waals surface area (Å²) < 4.78 is 25.3. The van der Waals surface area contributed by atoms with Gasteiger partial charge in [-0.05, 0) is 43.2 Å². The summed E-state index contributed by atoms with van der Waals surface area (Å²) in [7, 11) is -3.80. The Kier molecular flexibility index (Phi) is 6.61. The highest BCUT2D eigenvalue weighted by Gasteiger charge is 2.16. The van der Waals surface area contributed by atoms with Gasteiger partial charge >= 0.3 is 0 Å². The molecule has 0 aliphatic heterocycles. The summed E-state index contributed by atoms with van der Waals surface area (Å²) >= 11 is 1.33. The molecular weight excluding hydrogens is 408 g/mol. The third kappa shape index (κ3) is 5.17. The van der Waals surface area contributed by atoms with Gasteiger partial charge in [-0.3, -0.25) is 4.79 Å². The number of carbonyl (C=O) groups is 1. The second-order valence-electron chi connectivity index (χ2n) is 6.75. The maximum absolute atomic E-state index is 12.4. The maximum atomic E-state index is 12.4. The molecule has 7 nitrogen and oxygen atoms in total. The van der Waals surface area contributed by atoms with Crippen LogP contribution in [0.5, 0.6) is 0 Å². The lowest BCUT2D eigenvalue weighted by Gasteiger charge is -2.10. The molecule has 1 aromatic heterocycles. The van der Waals surface area contributed by atoms with Gasteiger partial charge in [0, 0.05) is 12.2 Å². The van der Waals surface area contributed by atoms with Gasteiger partial charge in [-0.2, -0.15) is 0 Å². The van der Waals surface area contributed by atoms with Crippen LogP contribution in [-0.4, -0.2) is 29.6 Å². The number of nitrogens with zero attached hydrogens (tertiary/aromatic N) is 2.